The van der Waals surface area contributed by atoms with Crippen LogP contribution >= 0.6 is 0 Å². The Morgan fingerprint density at radius 1 is 1.57 bits per heavy atom. The molecule has 0 bridgehead atoms. The molecule has 1 atom stereocenters. The van der Waals surface area contributed by atoms with E-state index in [0.29, 0.717) is 6.04 Å². The van der Waals surface area contributed by atoms with Gasteiger partial charge in [-0.05, 0) is 52.0 Å². The molecule has 1 unspecified atom stereocenters. The van der Waals surface area contributed by atoms with E-state index in [-0.39, 0.29) is 5.96 Å². The summed E-state index contributed by atoms with van der Waals surface area (Å²) < 4.78 is 0. The minimum Gasteiger partial charge on any atom is -0.370 e. The van der Waals surface area contributed by atoms with E-state index in [9.17, 15) is 0 Å². The molecule has 6 heteroatoms. The van der Waals surface area contributed by atoms with E-state index in [1.165, 1.54) is 18.5 Å². The number of nitrogens with zero attached hydrogens (tertiary/aromatic N) is 3. The molecule has 0 aromatic carbocycles. The molecule has 21 heavy (non-hydrogen) atoms. The van der Waals surface area contributed by atoms with Gasteiger partial charge in [0.15, 0.2) is 5.96 Å². The van der Waals surface area contributed by atoms with Gasteiger partial charge >= 0.3 is 0 Å². The molecule has 1 aliphatic rings. The number of nitrogens with two attached hydrogens (primary N) is 1. The van der Waals surface area contributed by atoms with Crippen LogP contribution in [0.1, 0.15) is 17.7 Å². The second-order valence-electron chi connectivity index (χ2n) is 5.97. The normalized spacial score (nSPS) is 19.1. The van der Waals surface area contributed by atoms with Crippen molar-refractivity contribution in [2.24, 2.45) is 5.73 Å². The maximum atomic E-state index is 7.33. The maximum Gasteiger partial charge on any atom is 0.190 e. The van der Waals surface area contributed by atoms with Gasteiger partial charge in [-0.2, -0.15) is 0 Å². The minimum atomic E-state index is -0.0505. The maximum absolute atomic E-state index is 7.33. The zero-order valence-corrected chi connectivity index (χ0v) is 13.2. The molecule has 1 saturated heterocycles. The molecule has 0 radical (unpaired) electrons. The Balaban J connectivity index is 1.90. The van der Waals surface area contributed by atoms with Crippen molar-refractivity contribution in [1.29, 1.82) is 5.41 Å². The molecular formula is C15H26N6. The van der Waals surface area contributed by atoms with Crippen LogP contribution in [0, 0.1) is 12.3 Å². The molecule has 116 valence electrons. The summed E-state index contributed by atoms with van der Waals surface area (Å²) >= 11 is 0. The smallest absolute Gasteiger partial charge is 0.190 e. The van der Waals surface area contributed by atoms with Gasteiger partial charge in [0.05, 0.1) is 11.4 Å². The van der Waals surface area contributed by atoms with Crippen molar-refractivity contribution in [2.45, 2.75) is 25.8 Å². The second-order valence-corrected chi connectivity index (χ2v) is 5.97. The summed E-state index contributed by atoms with van der Waals surface area (Å²) in [4.78, 5) is 9.19. The Morgan fingerprint density at radius 3 is 2.95 bits per heavy atom. The van der Waals surface area contributed by atoms with E-state index in [1.807, 2.05) is 19.2 Å². The van der Waals surface area contributed by atoms with Crippen LogP contribution in [0.3, 0.4) is 0 Å². The van der Waals surface area contributed by atoms with E-state index < -0.39 is 0 Å². The van der Waals surface area contributed by atoms with Gasteiger partial charge in [0, 0.05) is 25.3 Å². The Labute approximate surface area is 126 Å². The van der Waals surface area contributed by atoms with Crippen molar-refractivity contribution in [3.05, 3.63) is 23.5 Å². The van der Waals surface area contributed by atoms with Gasteiger partial charge in [-0.15, -0.1) is 0 Å². The van der Waals surface area contributed by atoms with Crippen LogP contribution in [0.25, 0.3) is 0 Å². The molecule has 6 nitrogen and oxygen atoms in total. The van der Waals surface area contributed by atoms with E-state index >= 15 is 0 Å². The summed E-state index contributed by atoms with van der Waals surface area (Å²) in [6.45, 7) is 5.28. The van der Waals surface area contributed by atoms with E-state index in [1.54, 1.807) is 0 Å². The number of aromatic nitrogens is 1. The average molecular weight is 290 g/mol. The topological polar surface area (TPSA) is 81.3 Å². The molecule has 1 aromatic heterocycles. The van der Waals surface area contributed by atoms with Crippen LogP contribution in [-0.2, 0) is 6.42 Å². The number of likely N-dealkylation sites (tertiary alicyclic amines) is 1. The Hall–Kier alpha value is -1.66. The van der Waals surface area contributed by atoms with Crippen molar-refractivity contribution in [3.63, 3.8) is 0 Å². The molecule has 0 saturated carbocycles. The lowest BCUT2D eigenvalue weighted by atomic mass is 10.1. The average Bonchev–Trinajstić information content (AvgIpc) is 2.88. The first-order valence-corrected chi connectivity index (χ1v) is 7.41. The van der Waals surface area contributed by atoms with E-state index in [2.05, 4.69) is 34.2 Å². The highest BCUT2D eigenvalue weighted by Crippen LogP contribution is 2.17. The lowest BCUT2D eigenvalue weighted by Gasteiger charge is -2.20. The molecular weight excluding hydrogens is 264 g/mol. The van der Waals surface area contributed by atoms with Crippen molar-refractivity contribution >= 4 is 11.6 Å². The molecule has 2 rings (SSSR count). The number of nitrogens with one attached hydrogen (secondary N) is 2. The summed E-state index contributed by atoms with van der Waals surface area (Å²) in [5, 5.41) is 10.2. The molecule has 2 heterocycles. The fraction of sp³-hybridized carbons (Fsp3) is 0.600. The third kappa shape index (κ3) is 4.41. The largest absolute Gasteiger partial charge is 0.370 e. The Morgan fingerprint density at radius 2 is 2.33 bits per heavy atom. The first kappa shape index (κ1) is 15.7. The summed E-state index contributed by atoms with van der Waals surface area (Å²) in [5.74, 6) is -0.0505. The summed E-state index contributed by atoms with van der Waals surface area (Å²) in [7, 11) is 4.30. The van der Waals surface area contributed by atoms with Crippen molar-refractivity contribution in [3.8, 4) is 0 Å². The summed E-state index contributed by atoms with van der Waals surface area (Å²) in [5.41, 5.74) is 8.26. The second kappa shape index (κ2) is 6.87. The Kier molecular flexibility index (Phi) is 5.14. The number of guanidine groups is 1. The number of rotatable bonds is 5. The lowest BCUT2D eigenvalue weighted by molar-refractivity contribution is 0.270. The molecule has 0 amide bonds. The fourth-order valence-electron chi connectivity index (χ4n) is 2.71. The predicted octanol–water partition coefficient (Wildman–Crippen LogP) is 0.874. The zero-order chi connectivity index (χ0) is 15.4. The van der Waals surface area contributed by atoms with Crippen LogP contribution in [0.2, 0.25) is 0 Å². The van der Waals surface area contributed by atoms with Gasteiger partial charge in [-0.3, -0.25) is 10.4 Å². The van der Waals surface area contributed by atoms with Crippen LogP contribution in [0.15, 0.2) is 12.3 Å². The SMILES string of the molecule is Cc1ncc(CCN2CCC(N(C)C)C2)cc1NC(=N)N. The van der Waals surface area contributed by atoms with Crippen LogP contribution in [0.4, 0.5) is 5.69 Å². The third-order valence-electron chi connectivity index (χ3n) is 4.11. The number of hydrogen-bond donors (Lipinski definition) is 3. The zero-order valence-electron chi connectivity index (χ0n) is 13.2. The van der Waals surface area contributed by atoms with E-state index in [4.69, 9.17) is 11.1 Å². The van der Waals surface area contributed by atoms with Gasteiger partial charge in [0.25, 0.3) is 0 Å². The van der Waals surface area contributed by atoms with Crippen LogP contribution in [-0.4, -0.2) is 60.5 Å². The summed E-state index contributed by atoms with van der Waals surface area (Å²) in [6, 6.07) is 2.72. The van der Waals surface area contributed by atoms with Gasteiger partial charge in [-0.25, -0.2) is 0 Å². The Bertz CT molecular complexity index is 499. The number of pyridine rings is 1. The highest BCUT2D eigenvalue weighted by Gasteiger charge is 2.23. The fourth-order valence-corrected chi connectivity index (χ4v) is 2.71. The van der Waals surface area contributed by atoms with Crippen molar-refractivity contribution in [1.82, 2.24) is 14.8 Å². The van der Waals surface area contributed by atoms with Crippen LogP contribution in [0.5, 0.6) is 0 Å². The highest BCUT2D eigenvalue weighted by atomic mass is 15.2. The van der Waals surface area contributed by atoms with Crippen molar-refractivity contribution in [2.75, 3.05) is 39.0 Å². The molecule has 0 aliphatic carbocycles. The molecule has 1 fully saturated rings. The molecule has 0 spiro atoms. The van der Waals surface area contributed by atoms with Crippen LogP contribution < -0.4 is 11.1 Å². The number of anilines is 1. The van der Waals surface area contributed by atoms with Gasteiger partial charge in [0.1, 0.15) is 0 Å². The molecule has 4 N–H and O–H groups in total. The van der Waals surface area contributed by atoms with Gasteiger partial charge in [0.2, 0.25) is 0 Å². The van der Waals surface area contributed by atoms with Gasteiger partial charge < -0.3 is 20.9 Å². The minimum absolute atomic E-state index is 0.0505. The quantitative estimate of drug-likeness (QED) is 0.554. The van der Waals surface area contributed by atoms with E-state index in [0.717, 1.165) is 30.9 Å². The lowest BCUT2D eigenvalue weighted by Crippen LogP contribution is -2.32. The third-order valence-corrected chi connectivity index (χ3v) is 4.11. The van der Waals surface area contributed by atoms with Gasteiger partial charge in [-0.1, -0.05) is 0 Å². The monoisotopic (exact) mass is 290 g/mol. The molecule has 1 aromatic rings. The first-order valence-electron chi connectivity index (χ1n) is 7.41. The summed E-state index contributed by atoms with van der Waals surface area (Å²) in [6.07, 6.45) is 4.14. The predicted molar refractivity (Wildman–Crippen MR) is 86.7 cm³/mol. The number of hydrogen-bond acceptors (Lipinski definition) is 4. The standard InChI is InChI=1S/C15H26N6/c1-11-14(19-15(16)17)8-12(9-18-11)4-6-21-7-5-13(10-21)20(2)3/h8-9,13H,4-7,10H2,1-3H3,(H4,16,17,19). The highest BCUT2D eigenvalue weighted by molar-refractivity contribution is 5.90. The number of aryl methyl sites for hydroxylation is 1. The van der Waals surface area contributed by atoms with Crippen molar-refractivity contribution < 1.29 is 0 Å². The number of likely N-dealkylation sites (N-methyl/N-ethyl adjacent to an activating group) is 1. The molecule has 1 aliphatic heterocycles. The first-order chi connectivity index (χ1) is 9.95.